The Labute approximate surface area is 159 Å². The second-order valence-corrected chi connectivity index (χ2v) is 7.62. The van der Waals surface area contributed by atoms with E-state index in [1.165, 1.54) is 12.1 Å². The van der Waals surface area contributed by atoms with Crippen LogP contribution in [0.15, 0.2) is 53.4 Å². The zero-order valence-corrected chi connectivity index (χ0v) is 16.1. The lowest BCUT2D eigenvalue weighted by Gasteiger charge is -2.21. The molecule has 2 aromatic carbocycles. The van der Waals surface area contributed by atoms with Gasteiger partial charge in [0.1, 0.15) is 11.6 Å². The fourth-order valence-electron chi connectivity index (χ4n) is 2.48. The maximum absolute atomic E-state index is 12.9. The SMILES string of the molecule is CCN(Cc1ccc(OC)cc1)C(=O)CCNS(=O)(=O)c1ccc(F)cc1. The molecule has 0 saturated carbocycles. The summed E-state index contributed by atoms with van der Waals surface area (Å²) >= 11 is 0. The quantitative estimate of drug-likeness (QED) is 0.709. The Morgan fingerprint density at radius 1 is 1.11 bits per heavy atom. The fraction of sp³-hybridized carbons (Fsp3) is 0.316. The van der Waals surface area contributed by atoms with Crippen LogP contribution in [0.5, 0.6) is 5.75 Å². The number of ether oxygens (including phenoxy) is 1. The van der Waals surface area contributed by atoms with Gasteiger partial charge in [0.25, 0.3) is 0 Å². The zero-order valence-electron chi connectivity index (χ0n) is 15.3. The third-order valence-corrected chi connectivity index (χ3v) is 5.50. The summed E-state index contributed by atoms with van der Waals surface area (Å²) in [6, 6.07) is 11.9. The molecule has 146 valence electrons. The number of methoxy groups -OCH3 is 1. The summed E-state index contributed by atoms with van der Waals surface area (Å²) in [5.74, 6) is 0.0692. The monoisotopic (exact) mass is 394 g/mol. The standard InChI is InChI=1S/C19H23FN2O4S/c1-3-22(14-15-4-8-17(26-2)9-5-15)19(23)12-13-21-27(24,25)18-10-6-16(20)7-11-18/h4-11,21H,3,12-14H2,1-2H3. The molecule has 1 amide bonds. The topological polar surface area (TPSA) is 75.7 Å². The Bertz CT molecular complexity index is 852. The van der Waals surface area contributed by atoms with Crippen molar-refractivity contribution in [1.82, 2.24) is 9.62 Å². The maximum atomic E-state index is 12.9. The van der Waals surface area contributed by atoms with Gasteiger partial charge < -0.3 is 9.64 Å². The first-order valence-electron chi connectivity index (χ1n) is 8.51. The molecule has 0 saturated heterocycles. The van der Waals surface area contributed by atoms with Gasteiger partial charge in [0.15, 0.2) is 0 Å². The number of benzene rings is 2. The van der Waals surface area contributed by atoms with E-state index in [1.807, 2.05) is 31.2 Å². The molecular weight excluding hydrogens is 371 g/mol. The van der Waals surface area contributed by atoms with E-state index >= 15 is 0 Å². The molecule has 0 atom stereocenters. The van der Waals surface area contributed by atoms with Gasteiger partial charge in [-0.15, -0.1) is 0 Å². The normalized spacial score (nSPS) is 11.2. The predicted molar refractivity (Wildman–Crippen MR) is 100 cm³/mol. The van der Waals surface area contributed by atoms with Gasteiger partial charge in [0, 0.05) is 26.1 Å². The van der Waals surface area contributed by atoms with E-state index in [-0.39, 0.29) is 23.8 Å². The molecule has 6 nitrogen and oxygen atoms in total. The van der Waals surface area contributed by atoms with Crippen molar-refractivity contribution in [2.75, 3.05) is 20.2 Å². The molecule has 0 fully saturated rings. The molecule has 0 aliphatic carbocycles. The highest BCUT2D eigenvalue weighted by Gasteiger charge is 2.16. The van der Waals surface area contributed by atoms with Crippen LogP contribution < -0.4 is 9.46 Å². The highest BCUT2D eigenvalue weighted by molar-refractivity contribution is 7.89. The van der Waals surface area contributed by atoms with Crippen LogP contribution in [0.1, 0.15) is 18.9 Å². The van der Waals surface area contributed by atoms with Crippen molar-refractivity contribution in [3.05, 3.63) is 59.9 Å². The van der Waals surface area contributed by atoms with Gasteiger partial charge in [-0.25, -0.2) is 17.5 Å². The molecule has 2 aromatic rings. The molecule has 0 spiro atoms. The van der Waals surface area contributed by atoms with Crippen molar-refractivity contribution >= 4 is 15.9 Å². The summed E-state index contributed by atoms with van der Waals surface area (Å²) in [6.45, 7) is 2.78. The predicted octanol–water partition coefficient (Wildman–Crippen LogP) is 2.55. The number of carbonyl (C=O) groups excluding carboxylic acids is 1. The van der Waals surface area contributed by atoms with Crippen molar-refractivity contribution in [3.8, 4) is 5.75 Å². The van der Waals surface area contributed by atoms with Crippen molar-refractivity contribution in [3.63, 3.8) is 0 Å². The molecule has 0 heterocycles. The summed E-state index contributed by atoms with van der Waals surface area (Å²) in [4.78, 5) is 14.0. The molecule has 0 aromatic heterocycles. The third-order valence-electron chi connectivity index (χ3n) is 4.02. The van der Waals surface area contributed by atoms with E-state index < -0.39 is 15.8 Å². The van der Waals surface area contributed by atoms with Crippen LogP contribution in [0.2, 0.25) is 0 Å². The first-order chi connectivity index (χ1) is 12.9. The number of halogens is 1. The minimum atomic E-state index is -3.77. The van der Waals surface area contributed by atoms with Crippen molar-refractivity contribution in [2.24, 2.45) is 0 Å². The van der Waals surface area contributed by atoms with Gasteiger partial charge >= 0.3 is 0 Å². The number of rotatable bonds is 9. The van der Waals surface area contributed by atoms with Gasteiger partial charge in [0.2, 0.25) is 15.9 Å². The van der Waals surface area contributed by atoms with Gasteiger partial charge in [0.05, 0.1) is 12.0 Å². The number of nitrogens with one attached hydrogen (secondary N) is 1. The van der Waals surface area contributed by atoms with E-state index in [2.05, 4.69) is 4.72 Å². The first-order valence-corrected chi connectivity index (χ1v) is 10.00. The second kappa shape index (κ2) is 9.48. The van der Waals surface area contributed by atoms with Crippen LogP contribution in [0, 0.1) is 5.82 Å². The van der Waals surface area contributed by atoms with Crippen molar-refractivity contribution < 1.29 is 22.3 Å². The van der Waals surface area contributed by atoms with Crippen LogP contribution in [-0.4, -0.2) is 39.4 Å². The van der Waals surface area contributed by atoms with Gasteiger partial charge in [-0.1, -0.05) is 12.1 Å². The van der Waals surface area contributed by atoms with Crippen LogP contribution in [-0.2, 0) is 21.4 Å². The van der Waals surface area contributed by atoms with Crippen molar-refractivity contribution in [1.29, 1.82) is 0 Å². The highest BCUT2D eigenvalue weighted by atomic mass is 32.2. The zero-order chi connectivity index (χ0) is 19.9. The lowest BCUT2D eigenvalue weighted by Crippen LogP contribution is -2.34. The number of carbonyl (C=O) groups is 1. The first kappa shape index (κ1) is 20.9. The number of amides is 1. The minimum absolute atomic E-state index is 0.0301. The van der Waals surface area contributed by atoms with Crippen molar-refractivity contribution in [2.45, 2.75) is 24.8 Å². The molecule has 8 heteroatoms. The summed E-state index contributed by atoms with van der Waals surface area (Å²) in [6.07, 6.45) is 0.0322. The average Bonchev–Trinajstić information content (AvgIpc) is 2.66. The van der Waals surface area contributed by atoms with Crippen LogP contribution in [0.4, 0.5) is 4.39 Å². The summed E-state index contributed by atoms with van der Waals surface area (Å²) in [5.41, 5.74) is 0.956. The molecule has 27 heavy (non-hydrogen) atoms. The second-order valence-electron chi connectivity index (χ2n) is 5.86. The number of hydrogen-bond donors (Lipinski definition) is 1. The van der Waals surface area contributed by atoms with E-state index in [9.17, 15) is 17.6 Å². The maximum Gasteiger partial charge on any atom is 0.240 e. The number of hydrogen-bond acceptors (Lipinski definition) is 4. The summed E-state index contributed by atoms with van der Waals surface area (Å²) in [5, 5.41) is 0. The van der Waals surface area contributed by atoms with E-state index in [0.717, 1.165) is 23.4 Å². The molecule has 0 aliphatic rings. The summed E-state index contributed by atoms with van der Waals surface area (Å²) < 4.78 is 44.7. The van der Waals surface area contributed by atoms with Crippen LogP contribution in [0.25, 0.3) is 0 Å². The molecular formula is C19H23FN2O4S. The van der Waals surface area contributed by atoms with E-state index in [0.29, 0.717) is 13.1 Å². The third kappa shape index (κ3) is 6.04. The largest absolute Gasteiger partial charge is 0.497 e. The Balaban J connectivity index is 1.89. The molecule has 2 rings (SSSR count). The smallest absolute Gasteiger partial charge is 0.240 e. The fourth-order valence-corrected chi connectivity index (χ4v) is 3.51. The summed E-state index contributed by atoms with van der Waals surface area (Å²) in [7, 11) is -2.19. The molecule has 1 N–H and O–H groups in total. The Kier molecular flexibility index (Phi) is 7.32. The number of nitrogens with zero attached hydrogens (tertiary/aromatic N) is 1. The molecule has 0 radical (unpaired) electrons. The van der Waals surface area contributed by atoms with Gasteiger partial charge in [-0.05, 0) is 48.9 Å². The highest BCUT2D eigenvalue weighted by Crippen LogP contribution is 2.14. The average molecular weight is 394 g/mol. The number of sulfonamides is 1. The van der Waals surface area contributed by atoms with E-state index in [1.54, 1.807) is 12.0 Å². The van der Waals surface area contributed by atoms with Gasteiger partial charge in [-0.2, -0.15) is 0 Å². The minimum Gasteiger partial charge on any atom is -0.497 e. The van der Waals surface area contributed by atoms with Crippen LogP contribution >= 0.6 is 0 Å². The Morgan fingerprint density at radius 2 is 1.74 bits per heavy atom. The van der Waals surface area contributed by atoms with E-state index in [4.69, 9.17) is 4.74 Å². The lowest BCUT2D eigenvalue weighted by atomic mass is 10.2. The molecule has 0 bridgehead atoms. The van der Waals surface area contributed by atoms with Crippen LogP contribution in [0.3, 0.4) is 0 Å². The molecule has 0 unspecified atom stereocenters. The Hall–Kier alpha value is -2.45. The van der Waals surface area contributed by atoms with Gasteiger partial charge in [-0.3, -0.25) is 4.79 Å². The lowest BCUT2D eigenvalue weighted by molar-refractivity contribution is -0.131. The Morgan fingerprint density at radius 3 is 2.30 bits per heavy atom. The molecule has 0 aliphatic heterocycles.